The van der Waals surface area contributed by atoms with Crippen molar-refractivity contribution in [1.82, 2.24) is 15.1 Å². The number of amides is 2. The Hall–Kier alpha value is -1.52. The van der Waals surface area contributed by atoms with Crippen LogP contribution < -0.4 is 5.32 Å². The standard InChI is InChI=1S/C14H22N4O/c1-9-13(10(2)17-16-9)15-14(19)18-7-3-4-12(8-18)11-5-6-11/h11-12H,3-8H2,1-2H3,(H,15,19)(H,16,17). The first-order chi connectivity index (χ1) is 9.15. The normalized spacial score (nSPS) is 23.5. The minimum absolute atomic E-state index is 0.0259. The van der Waals surface area contributed by atoms with Crippen LogP contribution in [-0.2, 0) is 0 Å². The van der Waals surface area contributed by atoms with E-state index in [1.165, 1.54) is 19.3 Å². The topological polar surface area (TPSA) is 61.0 Å². The van der Waals surface area contributed by atoms with Crippen molar-refractivity contribution in [2.75, 3.05) is 18.4 Å². The van der Waals surface area contributed by atoms with E-state index in [1.807, 2.05) is 18.7 Å². The van der Waals surface area contributed by atoms with E-state index in [9.17, 15) is 4.79 Å². The number of hydrogen-bond acceptors (Lipinski definition) is 2. The Morgan fingerprint density at radius 3 is 2.74 bits per heavy atom. The highest BCUT2D eigenvalue weighted by atomic mass is 16.2. The molecule has 0 radical (unpaired) electrons. The Morgan fingerprint density at radius 1 is 1.32 bits per heavy atom. The summed E-state index contributed by atoms with van der Waals surface area (Å²) in [5.41, 5.74) is 2.60. The van der Waals surface area contributed by atoms with E-state index in [2.05, 4.69) is 15.5 Å². The van der Waals surface area contributed by atoms with E-state index in [0.717, 1.165) is 48.4 Å². The third kappa shape index (κ3) is 2.60. The van der Waals surface area contributed by atoms with Gasteiger partial charge in [-0.1, -0.05) is 0 Å². The van der Waals surface area contributed by atoms with Crippen molar-refractivity contribution in [3.05, 3.63) is 11.4 Å². The smallest absolute Gasteiger partial charge is 0.321 e. The van der Waals surface area contributed by atoms with E-state index in [-0.39, 0.29) is 6.03 Å². The van der Waals surface area contributed by atoms with Gasteiger partial charge in [-0.25, -0.2) is 4.79 Å². The molecule has 1 saturated carbocycles. The first-order valence-corrected chi connectivity index (χ1v) is 7.22. The molecule has 1 saturated heterocycles. The van der Waals surface area contributed by atoms with Crippen LogP contribution in [0.3, 0.4) is 0 Å². The van der Waals surface area contributed by atoms with Gasteiger partial charge in [0.05, 0.1) is 17.1 Å². The molecule has 1 atom stereocenters. The molecule has 5 heteroatoms. The highest BCUT2D eigenvalue weighted by molar-refractivity contribution is 5.90. The Morgan fingerprint density at radius 2 is 2.11 bits per heavy atom. The van der Waals surface area contributed by atoms with Crippen molar-refractivity contribution in [2.24, 2.45) is 11.8 Å². The van der Waals surface area contributed by atoms with Gasteiger partial charge in [-0.15, -0.1) is 0 Å². The summed E-state index contributed by atoms with van der Waals surface area (Å²) >= 11 is 0. The lowest BCUT2D eigenvalue weighted by atomic mass is 9.93. The zero-order valence-electron chi connectivity index (χ0n) is 11.7. The summed E-state index contributed by atoms with van der Waals surface area (Å²) in [6.45, 7) is 5.64. The lowest BCUT2D eigenvalue weighted by molar-refractivity contribution is 0.170. The fourth-order valence-corrected chi connectivity index (χ4v) is 3.07. The summed E-state index contributed by atoms with van der Waals surface area (Å²) < 4.78 is 0. The van der Waals surface area contributed by atoms with Crippen LogP contribution in [0.15, 0.2) is 0 Å². The quantitative estimate of drug-likeness (QED) is 0.860. The van der Waals surface area contributed by atoms with Crippen molar-refractivity contribution >= 4 is 11.7 Å². The third-order valence-corrected chi connectivity index (χ3v) is 4.39. The molecule has 104 valence electrons. The van der Waals surface area contributed by atoms with Gasteiger partial charge in [-0.2, -0.15) is 5.10 Å². The maximum Gasteiger partial charge on any atom is 0.321 e. The van der Waals surface area contributed by atoms with E-state index < -0.39 is 0 Å². The van der Waals surface area contributed by atoms with E-state index in [1.54, 1.807) is 0 Å². The van der Waals surface area contributed by atoms with Gasteiger partial charge < -0.3 is 10.2 Å². The van der Waals surface area contributed by atoms with Crippen LogP contribution in [0.5, 0.6) is 0 Å². The van der Waals surface area contributed by atoms with Crippen LogP contribution in [0.4, 0.5) is 10.5 Å². The van der Waals surface area contributed by atoms with Gasteiger partial charge in [-0.05, 0) is 51.4 Å². The first-order valence-electron chi connectivity index (χ1n) is 7.22. The van der Waals surface area contributed by atoms with E-state index in [4.69, 9.17) is 0 Å². The molecule has 0 bridgehead atoms. The molecule has 1 aliphatic heterocycles. The van der Waals surface area contributed by atoms with Crippen molar-refractivity contribution in [1.29, 1.82) is 0 Å². The molecule has 0 aromatic carbocycles. The molecule has 0 spiro atoms. The maximum atomic E-state index is 12.3. The van der Waals surface area contributed by atoms with Gasteiger partial charge in [0.15, 0.2) is 0 Å². The highest BCUT2D eigenvalue weighted by Gasteiger charge is 2.35. The highest BCUT2D eigenvalue weighted by Crippen LogP contribution is 2.41. The lowest BCUT2D eigenvalue weighted by Crippen LogP contribution is -2.43. The first kappa shape index (κ1) is 12.5. The number of nitrogens with one attached hydrogen (secondary N) is 2. The second-order valence-electron chi connectivity index (χ2n) is 5.92. The zero-order valence-corrected chi connectivity index (χ0v) is 11.7. The van der Waals surface area contributed by atoms with Crippen LogP contribution in [-0.4, -0.2) is 34.2 Å². The van der Waals surface area contributed by atoms with Gasteiger partial charge in [0.1, 0.15) is 0 Å². The van der Waals surface area contributed by atoms with Crippen molar-refractivity contribution in [2.45, 2.75) is 39.5 Å². The number of carbonyl (C=O) groups excluding carboxylic acids is 1. The molecule has 2 N–H and O–H groups in total. The molecule has 19 heavy (non-hydrogen) atoms. The molecule has 2 heterocycles. The Bertz CT molecular complexity index is 458. The van der Waals surface area contributed by atoms with Crippen LogP contribution >= 0.6 is 0 Å². The average molecular weight is 262 g/mol. The van der Waals surface area contributed by atoms with Gasteiger partial charge in [0.25, 0.3) is 0 Å². The average Bonchev–Trinajstić information content (AvgIpc) is 3.22. The predicted molar refractivity (Wildman–Crippen MR) is 74.1 cm³/mol. The number of carbonyl (C=O) groups is 1. The number of nitrogens with zero attached hydrogens (tertiary/aromatic N) is 2. The van der Waals surface area contributed by atoms with Gasteiger partial charge in [0, 0.05) is 13.1 Å². The maximum absolute atomic E-state index is 12.3. The predicted octanol–water partition coefficient (Wildman–Crippen LogP) is 2.68. The molecule has 1 aliphatic carbocycles. The molecule has 5 nitrogen and oxygen atoms in total. The van der Waals surface area contributed by atoms with Crippen molar-refractivity contribution < 1.29 is 4.79 Å². The number of likely N-dealkylation sites (tertiary alicyclic amines) is 1. The summed E-state index contributed by atoms with van der Waals surface area (Å²) in [7, 11) is 0. The van der Waals surface area contributed by atoms with Crippen LogP contribution in [0.1, 0.15) is 37.1 Å². The summed E-state index contributed by atoms with van der Waals surface area (Å²) in [6, 6.07) is 0.0259. The fraction of sp³-hybridized carbons (Fsp3) is 0.714. The molecule has 2 amide bonds. The molecule has 1 aromatic heterocycles. The molecule has 1 unspecified atom stereocenters. The monoisotopic (exact) mass is 262 g/mol. The largest absolute Gasteiger partial charge is 0.324 e. The Labute approximate surface area is 113 Å². The number of aryl methyl sites for hydroxylation is 2. The van der Waals surface area contributed by atoms with Crippen molar-refractivity contribution in [3.8, 4) is 0 Å². The number of hydrogen-bond donors (Lipinski definition) is 2. The van der Waals surface area contributed by atoms with Crippen molar-refractivity contribution in [3.63, 3.8) is 0 Å². The molecule has 1 aromatic rings. The van der Waals surface area contributed by atoms with E-state index >= 15 is 0 Å². The van der Waals surface area contributed by atoms with Crippen LogP contribution in [0, 0.1) is 25.7 Å². The number of urea groups is 1. The summed E-state index contributed by atoms with van der Waals surface area (Å²) in [6.07, 6.45) is 5.15. The Balaban J connectivity index is 1.63. The number of anilines is 1. The number of piperidine rings is 1. The molecule has 2 fully saturated rings. The molecular weight excluding hydrogens is 240 g/mol. The minimum atomic E-state index is 0.0259. The minimum Gasteiger partial charge on any atom is -0.324 e. The summed E-state index contributed by atoms with van der Waals surface area (Å²) in [5, 5.41) is 10.0. The second-order valence-corrected chi connectivity index (χ2v) is 5.92. The van der Waals surface area contributed by atoms with Gasteiger partial charge in [0.2, 0.25) is 0 Å². The molecule has 2 aliphatic rings. The number of H-pyrrole nitrogens is 1. The summed E-state index contributed by atoms with van der Waals surface area (Å²) in [4.78, 5) is 14.3. The van der Waals surface area contributed by atoms with E-state index in [0.29, 0.717) is 0 Å². The SMILES string of the molecule is Cc1n[nH]c(C)c1NC(=O)N1CCCC(C2CC2)C1. The summed E-state index contributed by atoms with van der Waals surface area (Å²) in [5.74, 6) is 1.61. The third-order valence-electron chi connectivity index (χ3n) is 4.39. The van der Waals surface area contributed by atoms with Crippen LogP contribution in [0.25, 0.3) is 0 Å². The number of aromatic nitrogens is 2. The van der Waals surface area contributed by atoms with Crippen LogP contribution in [0.2, 0.25) is 0 Å². The van der Waals surface area contributed by atoms with Gasteiger partial charge >= 0.3 is 6.03 Å². The molecular formula is C14H22N4O. The second kappa shape index (κ2) is 4.87. The lowest BCUT2D eigenvalue weighted by Gasteiger charge is -2.32. The molecule has 3 rings (SSSR count). The Kier molecular flexibility index (Phi) is 3.21. The number of rotatable bonds is 2. The zero-order chi connectivity index (χ0) is 13.4. The fourth-order valence-electron chi connectivity index (χ4n) is 3.07. The number of aromatic amines is 1. The van der Waals surface area contributed by atoms with Gasteiger partial charge in [-0.3, -0.25) is 5.10 Å².